The second-order valence-corrected chi connectivity index (χ2v) is 19.5. The van der Waals surface area contributed by atoms with Gasteiger partial charge in [-0.1, -0.05) is 241 Å². The fourth-order valence-electron chi connectivity index (χ4n) is 8.17. The summed E-state index contributed by atoms with van der Waals surface area (Å²) in [5, 5.41) is 0. The zero-order valence-electron chi connectivity index (χ0n) is 46.0. The van der Waals surface area contributed by atoms with Gasteiger partial charge in [0, 0.05) is 19.3 Å². The molecule has 0 heterocycles. The SMILES string of the molecule is CC/C=C\C/C=C\C/C=C\C/C=C\C/C=C\CCCCCCCC(=O)OCC(COC(=O)CCCCCCC/C=C\CCC)OC(=O)CCCCCCCCCCC/C=C\CCCCCCCCCC. The van der Waals surface area contributed by atoms with E-state index < -0.39 is 6.10 Å². The Hall–Kier alpha value is -3.41. The first-order chi connectivity index (χ1) is 34.5. The second kappa shape index (κ2) is 58.2. The summed E-state index contributed by atoms with van der Waals surface area (Å²) < 4.78 is 16.8. The number of hydrogen-bond donors (Lipinski definition) is 0. The molecule has 6 heteroatoms. The van der Waals surface area contributed by atoms with Crippen LogP contribution < -0.4 is 0 Å². The Kier molecular flexibility index (Phi) is 55.3. The molecule has 1 atom stereocenters. The first kappa shape index (κ1) is 66.6. The van der Waals surface area contributed by atoms with E-state index in [2.05, 4.69) is 106 Å². The number of rotatable bonds is 53. The lowest BCUT2D eigenvalue weighted by molar-refractivity contribution is -0.167. The number of ether oxygens (including phenoxy) is 3. The van der Waals surface area contributed by atoms with Gasteiger partial charge in [0.2, 0.25) is 0 Å². The zero-order chi connectivity index (χ0) is 50.7. The molecule has 0 saturated carbocycles. The Labute approximate surface area is 433 Å². The van der Waals surface area contributed by atoms with Crippen molar-refractivity contribution in [3.63, 3.8) is 0 Å². The van der Waals surface area contributed by atoms with Crippen molar-refractivity contribution in [1.82, 2.24) is 0 Å². The lowest BCUT2D eigenvalue weighted by Gasteiger charge is -2.18. The van der Waals surface area contributed by atoms with Crippen LogP contribution in [0.15, 0.2) is 85.1 Å². The molecule has 70 heavy (non-hydrogen) atoms. The third-order valence-corrected chi connectivity index (χ3v) is 12.6. The molecule has 0 aliphatic carbocycles. The summed E-state index contributed by atoms with van der Waals surface area (Å²) in [6.45, 7) is 6.46. The van der Waals surface area contributed by atoms with Gasteiger partial charge in [0.1, 0.15) is 13.2 Å². The summed E-state index contributed by atoms with van der Waals surface area (Å²) in [5.74, 6) is -0.913. The second-order valence-electron chi connectivity index (χ2n) is 19.5. The molecule has 0 aromatic rings. The summed E-state index contributed by atoms with van der Waals surface area (Å²) in [5.41, 5.74) is 0. The van der Waals surface area contributed by atoms with Gasteiger partial charge in [-0.3, -0.25) is 14.4 Å². The standard InChI is InChI=1S/C64H110O6/c1-4-7-10-13-16-19-22-24-26-28-30-32-34-36-38-40-42-45-48-51-54-57-63(66)69-60-61(59-68-62(65)56-53-50-47-44-21-18-15-12-9-6-3)70-64(67)58-55-52-49-46-43-41-39-37-35-33-31-29-27-25-23-20-17-14-11-8-5-2/h7,10,12,15-16,19,24,26,29-32,36,38,61H,4-6,8-9,11,13-14,17-18,20-23,25,27-28,33-35,37,39-60H2,1-3H3/b10-7-,15-12-,19-16-,26-24-,31-29-,32-30-,38-36-. The Morgan fingerprint density at radius 3 is 0.943 bits per heavy atom. The van der Waals surface area contributed by atoms with Crippen LogP contribution in [-0.2, 0) is 28.6 Å². The van der Waals surface area contributed by atoms with Gasteiger partial charge in [-0.2, -0.15) is 0 Å². The Morgan fingerprint density at radius 1 is 0.300 bits per heavy atom. The number of hydrogen-bond acceptors (Lipinski definition) is 6. The predicted molar refractivity (Wildman–Crippen MR) is 302 cm³/mol. The first-order valence-electron chi connectivity index (χ1n) is 29.6. The van der Waals surface area contributed by atoms with Crippen molar-refractivity contribution in [2.75, 3.05) is 13.2 Å². The molecule has 0 fully saturated rings. The topological polar surface area (TPSA) is 78.9 Å². The van der Waals surface area contributed by atoms with E-state index in [1.807, 2.05) is 0 Å². The van der Waals surface area contributed by atoms with Crippen LogP contribution in [-0.4, -0.2) is 37.2 Å². The van der Waals surface area contributed by atoms with Crippen LogP contribution in [0.5, 0.6) is 0 Å². The van der Waals surface area contributed by atoms with E-state index in [-0.39, 0.29) is 31.1 Å². The van der Waals surface area contributed by atoms with Crippen LogP contribution in [0.3, 0.4) is 0 Å². The van der Waals surface area contributed by atoms with E-state index >= 15 is 0 Å². The summed E-state index contributed by atoms with van der Waals surface area (Å²) >= 11 is 0. The zero-order valence-corrected chi connectivity index (χ0v) is 46.0. The van der Waals surface area contributed by atoms with E-state index in [4.69, 9.17) is 14.2 Å². The molecule has 0 bridgehead atoms. The molecular formula is C64H110O6. The third kappa shape index (κ3) is 55.5. The summed E-state index contributed by atoms with van der Waals surface area (Å²) in [7, 11) is 0. The van der Waals surface area contributed by atoms with Crippen molar-refractivity contribution >= 4 is 17.9 Å². The molecule has 0 aliphatic heterocycles. The van der Waals surface area contributed by atoms with Crippen molar-refractivity contribution in [2.24, 2.45) is 0 Å². The maximum absolute atomic E-state index is 12.9. The molecule has 0 N–H and O–H groups in total. The normalized spacial score (nSPS) is 12.7. The molecule has 0 aromatic heterocycles. The van der Waals surface area contributed by atoms with E-state index in [0.29, 0.717) is 19.3 Å². The number of carbonyl (C=O) groups excluding carboxylic acids is 3. The van der Waals surface area contributed by atoms with E-state index in [1.165, 1.54) is 122 Å². The molecule has 0 rings (SSSR count). The molecule has 1 unspecified atom stereocenters. The highest BCUT2D eigenvalue weighted by molar-refractivity contribution is 5.71. The maximum atomic E-state index is 12.9. The van der Waals surface area contributed by atoms with Gasteiger partial charge in [0.05, 0.1) is 0 Å². The number of allylic oxidation sites excluding steroid dienone is 14. The monoisotopic (exact) mass is 975 g/mol. The van der Waals surface area contributed by atoms with E-state index in [0.717, 1.165) is 122 Å². The Morgan fingerprint density at radius 2 is 0.586 bits per heavy atom. The summed E-state index contributed by atoms with van der Waals surface area (Å²) in [4.78, 5) is 38.1. The maximum Gasteiger partial charge on any atom is 0.306 e. The molecule has 0 aliphatic rings. The molecule has 0 radical (unpaired) electrons. The van der Waals surface area contributed by atoms with Gasteiger partial charge in [0.25, 0.3) is 0 Å². The van der Waals surface area contributed by atoms with Crippen molar-refractivity contribution in [3.8, 4) is 0 Å². The molecule has 402 valence electrons. The van der Waals surface area contributed by atoms with Gasteiger partial charge in [-0.05, 0) is 109 Å². The quantitative estimate of drug-likeness (QED) is 0.0261. The highest BCUT2D eigenvalue weighted by Crippen LogP contribution is 2.15. The van der Waals surface area contributed by atoms with Crippen molar-refractivity contribution < 1.29 is 28.6 Å². The minimum absolute atomic E-state index is 0.0879. The van der Waals surface area contributed by atoms with Gasteiger partial charge >= 0.3 is 17.9 Å². The lowest BCUT2D eigenvalue weighted by atomic mass is 10.1. The highest BCUT2D eigenvalue weighted by Gasteiger charge is 2.19. The van der Waals surface area contributed by atoms with Crippen molar-refractivity contribution in [3.05, 3.63) is 85.1 Å². The molecule has 6 nitrogen and oxygen atoms in total. The average molecular weight is 976 g/mol. The number of esters is 3. The summed E-state index contributed by atoms with van der Waals surface area (Å²) in [6, 6.07) is 0. The largest absolute Gasteiger partial charge is 0.462 e. The minimum atomic E-state index is -0.789. The van der Waals surface area contributed by atoms with Gasteiger partial charge in [-0.25, -0.2) is 0 Å². The van der Waals surface area contributed by atoms with Crippen LogP contribution in [0.2, 0.25) is 0 Å². The average Bonchev–Trinajstić information content (AvgIpc) is 3.36. The Bertz CT molecular complexity index is 1350. The highest BCUT2D eigenvalue weighted by atomic mass is 16.6. The van der Waals surface area contributed by atoms with Crippen LogP contribution in [0.1, 0.15) is 284 Å². The molecule has 0 amide bonds. The third-order valence-electron chi connectivity index (χ3n) is 12.6. The van der Waals surface area contributed by atoms with E-state index in [9.17, 15) is 14.4 Å². The van der Waals surface area contributed by atoms with Crippen LogP contribution in [0, 0.1) is 0 Å². The minimum Gasteiger partial charge on any atom is -0.462 e. The van der Waals surface area contributed by atoms with Crippen LogP contribution >= 0.6 is 0 Å². The van der Waals surface area contributed by atoms with Gasteiger partial charge < -0.3 is 14.2 Å². The van der Waals surface area contributed by atoms with Gasteiger partial charge in [0.15, 0.2) is 6.10 Å². The molecular weight excluding hydrogens is 865 g/mol. The van der Waals surface area contributed by atoms with Gasteiger partial charge in [-0.15, -0.1) is 0 Å². The van der Waals surface area contributed by atoms with Crippen LogP contribution in [0.25, 0.3) is 0 Å². The molecule has 0 saturated heterocycles. The first-order valence-corrected chi connectivity index (χ1v) is 29.6. The smallest absolute Gasteiger partial charge is 0.306 e. The molecule has 0 spiro atoms. The van der Waals surface area contributed by atoms with Crippen LogP contribution in [0.4, 0.5) is 0 Å². The summed E-state index contributed by atoms with van der Waals surface area (Å²) in [6.07, 6.45) is 75.8. The number of unbranched alkanes of at least 4 members (excludes halogenated alkanes) is 28. The number of carbonyl (C=O) groups is 3. The van der Waals surface area contributed by atoms with E-state index in [1.54, 1.807) is 0 Å². The fraction of sp³-hybridized carbons (Fsp3) is 0.734. The fourth-order valence-corrected chi connectivity index (χ4v) is 8.17. The Balaban J connectivity index is 4.33. The lowest BCUT2D eigenvalue weighted by Crippen LogP contribution is -2.30. The van der Waals surface area contributed by atoms with Crippen molar-refractivity contribution in [2.45, 2.75) is 290 Å². The van der Waals surface area contributed by atoms with Crippen molar-refractivity contribution in [1.29, 1.82) is 0 Å². The molecule has 0 aromatic carbocycles. The predicted octanol–water partition coefficient (Wildman–Crippen LogP) is 19.9.